The third-order valence-electron chi connectivity index (χ3n) is 7.73. The molecule has 2 aromatic heterocycles. The zero-order chi connectivity index (χ0) is 29.1. The summed E-state index contributed by atoms with van der Waals surface area (Å²) < 4.78 is 5.95. The van der Waals surface area contributed by atoms with E-state index >= 15 is 0 Å². The molecule has 0 atom stereocenters. The fraction of sp³-hybridized carbons (Fsp3) is 0.286. The van der Waals surface area contributed by atoms with E-state index in [-0.39, 0.29) is 12.2 Å². The number of nitrogens with one attached hydrogen (secondary N) is 2. The molecule has 7 nitrogen and oxygen atoms in total. The van der Waals surface area contributed by atoms with E-state index in [4.69, 9.17) is 9.72 Å². The van der Waals surface area contributed by atoms with Crippen LogP contribution in [-0.2, 0) is 26.1 Å². The predicted octanol–water partition coefficient (Wildman–Crippen LogP) is 5.74. The minimum absolute atomic E-state index is 0.155. The Bertz CT molecular complexity index is 1570. The van der Waals surface area contributed by atoms with Gasteiger partial charge < -0.3 is 15.0 Å². The summed E-state index contributed by atoms with van der Waals surface area (Å²) in [7, 11) is 0. The van der Waals surface area contributed by atoms with Gasteiger partial charge in [0.1, 0.15) is 23.7 Å². The molecule has 0 saturated carbocycles. The number of aromatic nitrogens is 3. The Hall–Kier alpha value is -4.33. The summed E-state index contributed by atoms with van der Waals surface area (Å²) in [6.07, 6.45) is 10.3. The predicted molar refractivity (Wildman–Crippen MR) is 169 cm³/mol. The van der Waals surface area contributed by atoms with Crippen LogP contribution in [0.15, 0.2) is 109 Å². The maximum atomic E-state index is 12.9. The quantitative estimate of drug-likeness (QED) is 0.203. The van der Waals surface area contributed by atoms with Crippen LogP contribution in [0.2, 0.25) is 0 Å². The lowest BCUT2D eigenvalue weighted by atomic mass is 9.96. The van der Waals surface area contributed by atoms with Gasteiger partial charge in [0.2, 0.25) is 0 Å². The van der Waals surface area contributed by atoms with Crippen LogP contribution in [0.4, 0.5) is 0 Å². The first kappa shape index (κ1) is 29.2. The zero-order valence-corrected chi connectivity index (χ0v) is 24.1. The molecule has 2 aromatic carbocycles. The molecular weight excluding hydrogens is 522 g/mol. The van der Waals surface area contributed by atoms with E-state index in [2.05, 4.69) is 63.7 Å². The molecule has 2 N–H and O–H groups in total. The smallest absolute Gasteiger partial charge is 0.258 e. The molecule has 1 aliphatic rings. The van der Waals surface area contributed by atoms with Crippen molar-refractivity contribution in [3.63, 3.8) is 0 Å². The van der Waals surface area contributed by atoms with Crippen LogP contribution in [0.3, 0.4) is 0 Å². The molecule has 0 amide bonds. The molecule has 0 bridgehead atoms. The number of benzene rings is 2. The fourth-order valence-electron chi connectivity index (χ4n) is 5.39. The number of nitrogens with zero attached hydrogens (tertiary/aromatic N) is 3. The summed E-state index contributed by atoms with van der Waals surface area (Å²) in [6.45, 7) is 12.5. The van der Waals surface area contributed by atoms with Crippen molar-refractivity contribution in [1.29, 1.82) is 0 Å². The first-order valence-corrected chi connectivity index (χ1v) is 14.6. The van der Waals surface area contributed by atoms with Gasteiger partial charge in [0.25, 0.3) is 5.56 Å². The molecule has 1 fully saturated rings. The topological polar surface area (TPSA) is 83.1 Å². The van der Waals surface area contributed by atoms with Crippen LogP contribution >= 0.6 is 0 Å². The van der Waals surface area contributed by atoms with E-state index in [1.54, 1.807) is 18.3 Å². The molecule has 7 heteroatoms. The van der Waals surface area contributed by atoms with E-state index in [0.717, 1.165) is 49.4 Å². The van der Waals surface area contributed by atoms with E-state index in [9.17, 15) is 4.79 Å². The Labute approximate surface area is 247 Å². The molecule has 42 heavy (non-hydrogen) atoms. The number of hydrogen-bond donors (Lipinski definition) is 2. The number of hydrogen-bond acceptors (Lipinski definition) is 6. The molecule has 216 valence electrons. The number of pyridine rings is 1. The van der Waals surface area contributed by atoms with Crippen molar-refractivity contribution in [2.24, 2.45) is 5.92 Å². The van der Waals surface area contributed by atoms with Crippen molar-refractivity contribution in [2.45, 2.75) is 39.0 Å². The first-order chi connectivity index (χ1) is 20.6. The molecule has 1 saturated heterocycles. The zero-order valence-electron chi connectivity index (χ0n) is 24.1. The lowest BCUT2D eigenvalue weighted by Gasteiger charge is -2.32. The van der Waals surface area contributed by atoms with E-state index in [1.807, 2.05) is 36.4 Å². The van der Waals surface area contributed by atoms with Gasteiger partial charge in [0.15, 0.2) is 0 Å². The maximum absolute atomic E-state index is 12.9. The lowest BCUT2D eigenvalue weighted by molar-refractivity contribution is 0.175. The van der Waals surface area contributed by atoms with Gasteiger partial charge in [-0.3, -0.25) is 14.7 Å². The van der Waals surface area contributed by atoms with E-state index in [1.165, 1.54) is 18.4 Å². The largest absolute Gasteiger partial charge is 0.486 e. The Morgan fingerprint density at radius 1 is 1.05 bits per heavy atom. The number of aromatic amines is 1. The highest BCUT2D eigenvalue weighted by Gasteiger charge is 2.19. The van der Waals surface area contributed by atoms with Gasteiger partial charge in [0.05, 0.1) is 11.1 Å². The van der Waals surface area contributed by atoms with Crippen LogP contribution in [0.5, 0.6) is 5.75 Å². The molecule has 3 heterocycles. The van der Waals surface area contributed by atoms with Gasteiger partial charge in [-0.2, -0.15) is 0 Å². The van der Waals surface area contributed by atoms with Crippen molar-refractivity contribution >= 4 is 10.9 Å². The highest BCUT2D eigenvalue weighted by molar-refractivity contribution is 5.79. The summed E-state index contributed by atoms with van der Waals surface area (Å²) in [5, 5.41) is 4.11. The minimum Gasteiger partial charge on any atom is -0.486 e. The van der Waals surface area contributed by atoms with Crippen molar-refractivity contribution in [3.8, 4) is 5.75 Å². The Balaban J connectivity index is 1.15. The van der Waals surface area contributed by atoms with E-state index < -0.39 is 0 Å². The van der Waals surface area contributed by atoms with Crippen LogP contribution in [0.1, 0.15) is 35.5 Å². The summed E-state index contributed by atoms with van der Waals surface area (Å²) in [6, 6.07) is 20.3. The fourth-order valence-corrected chi connectivity index (χ4v) is 5.39. The number of rotatable bonds is 13. The standard InChI is InChI=1S/C35H39N5O2/c1-3-8-26(4-2)21-27-11-13-30(14-12-27)42-25-33-38-34-31(35(41)39-33)15-18-37-32(34)23-36-22-28-16-19-40(20-17-28)24-29-9-6-5-7-10-29/h3-15,18,28,36H,1-2,16-17,19-25H2,(H,38,39,41)/b26-8+. The second-order valence-corrected chi connectivity index (χ2v) is 10.8. The van der Waals surface area contributed by atoms with E-state index in [0.29, 0.717) is 34.9 Å². The van der Waals surface area contributed by atoms with Gasteiger partial charge >= 0.3 is 0 Å². The molecule has 0 radical (unpaired) electrons. The van der Waals surface area contributed by atoms with Crippen molar-refractivity contribution in [1.82, 2.24) is 25.2 Å². The highest BCUT2D eigenvalue weighted by Crippen LogP contribution is 2.20. The second-order valence-electron chi connectivity index (χ2n) is 10.8. The summed E-state index contributed by atoms with van der Waals surface area (Å²) in [5.41, 5.74) is 4.82. The maximum Gasteiger partial charge on any atom is 0.258 e. The van der Waals surface area contributed by atoms with Crippen molar-refractivity contribution in [3.05, 3.63) is 137 Å². The molecular formula is C35H39N5O2. The summed E-state index contributed by atoms with van der Waals surface area (Å²) >= 11 is 0. The molecule has 0 aliphatic carbocycles. The Morgan fingerprint density at radius 3 is 2.57 bits per heavy atom. The molecule has 5 rings (SSSR count). The summed E-state index contributed by atoms with van der Waals surface area (Å²) in [4.78, 5) is 27.5. The van der Waals surface area contributed by atoms with Crippen molar-refractivity contribution < 1.29 is 4.74 Å². The van der Waals surface area contributed by atoms with Crippen molar-refractivity contribution in [2.75, 3.05) is 19.6 Å². The minimum atomic E-state index is -0.186. The van der Waals surface area contributed by atoms with Gasteiger partial charge in [-0.1, -0.05) is 73.9 Å². The molecule has 0 spiro atoms. The lowest BCUT2D eigenvalue weighted by Crippen LogP contribution is -2.36. The number of allylic oxidation sites excluding steroid dienone is 4. The summed E-state index contributed by atoms with van der Waals surface area (Å²) in [5.74, 6) is 1.80. The highest BCUT2D eigenvalue weighted by atomic mass is 16.5. The average molecular weight is 562 g/mol. The Morgan fingerprint density at radius 2 is 1.83 bits per heavy atom. The number of ether oxygens (including phenoxy) is 1. The monoisotopic (exact) mass is 561 g/mol. The molecule has 4 aromatic rings. The van der Waals surface area contributed by atoms with Gasteiger partial charge in [-0.15, -0.1) is 0 Å². The first-order valence-electron chi connectivity index (χ1n) is 14.6. The number of H-pyrrole nitrogens is 1. The van der Waals surface area contributed by atoms with Gasteiger partial charge in [-0.25, -0.2) is 4.98 Å². The van der Waals surface area contributed by atoms with Crippen LogP contribution in [-0.4, -0.2) is 39.5 Å². The third kappa shape index (κ3) is 7.90. The normalized spacial score (nSPS) is 14.6. The van der Waals surface area contributed by atoms with Crippen LogP contribution in [0, 0.1) is 5.92 Å². The number of piperidine rings is 1. The molecule has 0 unspecified atom stereocenters. The second kappa shape index (κ2) is 14.5. The SMILES string of the molecule is C=C/C=C(\C=C)Cc1ccc(OCc2nc3c(CNCC4CCN(Cc5ccccc5)CC4)nccc3c(=O)[nH]2)cc1. The van der Waals surface area contributed by atoms with Crippen LogP contribution < -0.4 is 15.6 Å². The number of likely N-dealkylation sites (tertiary alicyclic amines) is 1. The van der Waals surface area contributed by atoms with Gasteiger partial charge in [0, 0.05) is 19.3 Å². The Kier molecular flexibility index (Phi) is 10.1. The molecule has 1 aliphatic heterocycles. The van der Waals surface area contributed by atoms with Gasteiger partial charge in [-0.05, 0) is 79.7 Å². The number of fused-ring (bicyclic) bond motifs is 1. The average Bonchev–Trinajstić information content (AvgIpc) is 3.02. The third-order valence-corrected chi connectivity index (χ3v) is 7.73. The van der Waals surface area contributed by atoms with Crippen LogP contribution in [0.25, 0.3) is 10.9 Å².